The number of aromatic nitrogens is 2. The van der Waals surface area contributed by atoms with E-state index in [1.807, 2.05) is 6.07 Å². The molecule has 1 aromatic carbocycles. The second kappa shape index (κ2) is 6.29. The van der Waals surface area contributed by atoms with Crippen molar-refractivity contribution in [3.8, 4) is 10.6 Å². The third-order valence-corrected chi connectivity index (χ3v) is 3.96. The first kappa shape index (κ1) is 16.2. The molecule has 0 unspecified atom stereocenters. The van der Waals surface area contributed by atoms with E-state index in [4.69, 9.17) is 16.3 Å². The zero-order chi connectivity index (χ0) is 15.6. The summed E-state index contributed by atoms with van der Waals surface area (Å²) in [6.07, 6.45) is -0.555. The predicted molar refractivity (Wildman–Crippen MR) is 87.9 cm³/mol. The fourth-order valence-electron chi connectivity index (χ4n) is 1.44. The highest BCUT2D eigenvalue weighted by Gasteiger charge is 2.18. The first-order chi connectivity index (χ1) is 9.74. The van der Waals surface area contributed by atoms with Gasteiger partial charge in [-0.2, -0.15) is 0 Å². The molecule has 1 amide bonds. The van der Waals surface area contributed by atoms with E-state index >= 15 is 0 Å². The zero-order valence-corrected chi connectivity index (χ0v) is 14.8. The zero-order valence-electron chi connectivity index (χ0n) is 11.6. The lowest BCUT2D eigenvalue weighted by Gasteiger charge is -2.18. The van der Waals surface area contributed by atoms with Crippen molar-refractivity contribution < 1.29 is 9.53 Å². The Morgan fingerprint density at radius 3 is 2.71 bits per heavy atom. The highest BCUT2D eigenvalue weighted by atomic mass is 79.9. The number of hydrogen-bond acceptors (Lipinski definition) is 5. The molecular weight excluding hydrogens is 378 g/mol. The van der Waals surface area contributed by atoms with Crippen LogP contribution in [0.5, 0.6) is 0 Å². The summed E-state index contributed by atoms with van der Waals surface area (Å²) in [6, 6.07) is 5.38. The van der Waals surface area contributed by atoms with Crippen LogP contribution >= 0.6 is 38.9 Å². The van der Waals surface area contributed by atoms with Crippen LogP contribution < -0.4 is 5.32 Å². The Bertz CT molecular complexity index is 670. The molecule has 0 aliphatic rings. The number of rotatable bonds is 2. The lowest BCUT2D eigenvalue weighted by atomic mass is 10.2. The summed E-state index contributed by atoms with van der Waals surface area (Å²) < 4.78 is 5.97. The van der Waals surface area contributed by atoms with E-state index in [0.29, 0.717) is 15.2 Å². The molecule has 2 aromatic rings. The molecule has 0 spiro atoms. The van der Waals surface area contributed by atoms with Crippen LogP contribution in [0, 0.1) is 0 Å². The lowest BCUT2D eigenvalue weighted by Crippen LogP contribution is -2.27. The Balaban J connectivity index is 2.13. The second-order valence-electron chi connectivity index (χ2n) is 5.16. The molecule has 2 rings (SSSR count). The fraction of sp³-hybridized carbons (Fsp3) is 0.308. The number of ether oxygens (including phenoxy) is 1. The largest absolute Gasteiger partial charge is 0.444 e. The third kappa shape index (κ3) is 4.66. The minimum Gasteiger partial charge on any atom is -0.444 e. The fourth-order valence-corrected chi connectivity index (χ4v) is 3.21. The van der Waals surface area contributed by atoms with Gasteiger partial charge in [-0.1, -0.05) is 38.9 Å². The van der Waals surface area contributed by atoms with Gasteiger partial charge in [0.1, 0.15) is 5.60 Å². The van der Waals surface area contributed by atoms with Gasteiger partial charge in [-0.25, -0.2) is 4.79 Å². The average Bonchev–Trinajstić information content (AvgIpc) is 2.74. The number of nitrogens with zero attached hydrogens (tertiary/aromatic N) is 2. The second-order valence-corrected chi connectivity index (χ2v) is 7.43. The van der Waals surface area contributed by atoms with E-state index < -0.39 is 11.7 Å². The van der Waals surface area contributed by atoms with Gasteiger partial charge in [0, 0.05) is 15.1 Å². The number of carbonyl (C=O) groups excluding carboxylic acids is 1. The number of benzene rings is 1. The molecule has 112 valence electrons. The van der Waals surface area contributed by atoms with E-state index in [1.165, 1.54) is 11.3 Å². The number of amides is 1. The van der Waals surface area contributed by atoms with Crippen molar-refractivity contribution in [3.05, 3.63) is 27.7 Å². The van der Waals surface area contributed by atoms with Crippen molar-refractivity contribution in [1.82, 2.24) is 10.2 Å². The molecule has 8 heteroatoms. The van der Waals surface area contributed by atoms with Gasteiger partial charge in [0.25, 0.3) is 0 Å². The normalized spacial score (nSPS) is 11.3. The molecule has 0 saturated heterocycles. The first-order valence-corrected chi connectivity index (χ1v) is 8.02. The molecule has 0 atom stereocenters. The summed E-state index contributed by atoms with van der Waals surface area (Å²) in [4.78, 5) is 11.7. The number of carbonyl (C=O) groups is 1. The van der Waals surface area contributed by atoms with Crippen molar-refractivity contribution in [2.75, 3.05) is 5.32 Å². The van der Waals surface area contributed by atoms with E-state index in [0.717, 1.165) is 10.0 Å². The minimum atomic E-state index is -0.559. The van der Waals surface area contributed by atoms with Crippen LogP contribution in [0.15, 0.2) is 22.7 Å². The number of anilines is 1. The van der Waals surface area contributed by atoms with Crippen molar-refractivity contribution in [2.24, 2.45) is 0 Å². The van der Waals surface area contributed by atoms with E-state index in [2.05, 4.69) is 31.4 Å². The van der Waals surface area contributed by atoms with Crippen LogP contribution in [0.4, 0.5) is 9.93 Å². The van der Waals surface area contributed by atoms with Gasteiger partial charge in [0.2, 0.25) is 5.13 Å². The van der Waals surface area contributed by atoms with Crippen molar-refractivity contribution >= 4 is 50.1 Å². The number of nitrogens with one attached hydrogen (secondary N) is 1. The van der Waals surface area contributed by atoms with Crippen LogP contribution in [0.25, 0.3) is 10.6 Å². The Morgan fingerprint density at radius 1 is 1.38 bits per heavy atom. The van der Waals surface area contributed by atoms with Crippen molar-refractivity contribution in [3.63, 3.8) is 0 Å². The monoisotopic (exact) mass is 389 g/mol. The lowest BCUT2D eigenvalue weighted by molar-refractivity contribution is 0.0636. The Labute approximate surface area is 139 Å². The molecule has 0 fully saturated rings. The Hall–Kier alpha value is -1.18. The van der Waals surface area contributed by atoms with Crippen molar-refractivity contribution in [1.29, 1.82) is 0 Å². The molecule has 0 saturated carbocycles. The summed E-state index contributed by atoms with van der Waals surface area (Å²) in [7, 11) is 0. The van der Waals surface area contributed by atoms with Gasteiger partial charge in [0.05, 0.1) is 0 Å². The molecule has 0 radical (unpaired) electrons. The highest BCUT2D eigenvalue weighted by molar-refractivity contribution is 9.10. The number of halogens is 2. The van der Waals surface area contributed by atoms with Gasteiger partial charge in [-0.15, -0.1) is 10.2 Å². The summed E-state index contributed by atoms with van der Waals surface area (Å²) in [5, 5.41) is 12.2. The molecule has 1 aromatic heterocycles. The average molecular weight is 391 g/mol. The van der Waals surface area contributed by atoms with Gasteiger partial charge < -0.3 is 4.74 Å². The molecular formula is C13H13BrClN3O2S. The first-order valence-electron chi connectivity index (χ1n) is 6.03. The topological polar surface area (TPSA) is 64.1 Å². The molecule has 5 nitrogen and oxygen atoms in total. The van der Waals surface area contributed by atoms with Gasteiger partial charge >= 0.3 is 6.09 Å². The smallest absolute Gasteiger partial charge is 0.414 e. The maximum atomic E-state index is 11.7. The molecule has 1 N–H and O–H groups in total. The SMILES string of the molecule is CC(C)(C)OC(=O)Nc1nnc(-c2ccc(Cl)cc2Br)s1. The van der Waals surface area contributed by atoms with Gasteiger partial charge in [-0.3, -0.25) is 5.32 Å². The van der Waals surface area contributed by atoms with Gasteiger partial charge in [0.15, 0.2) is 5.01 Å². The minimum absolute atomic E-state index is 0.376. The van der Waals surface area contributed by atoms with Crippen LogP contribution in [-0.4, -0.2) is 21.9 Å². The quantitative estimate of drug-likeness (QED) is 0.786. The number of hydrogen-bond donors (Lipinski definition) is 1. The van der Waals surface area contributed by atoms with E-state index in [-0.39, 0.29) is 0 Å². The molecule has 0 aliphatic carbocycles. The van der Waals surface area contributed by atoms with E-state index in [1.54, 1.807) is 32.9 Å². The highest BCUT2D eigenvalue weighted by Crippen LogP contribution is 2.33. The van der Waals surface area contributed by atoms with Gasteiger partial charge in [-0.05, 0) is 39.0 Å². The molecule has 21 heavy (non-hydrogen) atoms. The maximum Gasteiger partial charge on any atom is 0.414 e. The molecule has 1 heterocycles. The summed E-state index contributed by atoms with van der Waals surface area (Å²) in [6.45, 7) is 5.38. The van der Waals surface area contributed by atoms with Crippen LogP contribution in [0.2, 0.25) is 5.02 Å². The molecule has 0 bridgehead atoms. The third-order valence-electron chi connectivity index (χ3n) is 2.19. The summed E-state index contributed by atoms with van der Waals surface area (Å²) >= 11 is 10.6. The molecule has 0 aliphatic heterocycles. The van der Waals surface area contributed by atoms with Crippen LogP contribution in [0.1, 0.15) is 20.8 Å². The van der Waals surface area contributed by atoms with Crippen molar-refractivity contribution in [2.45, 2.75) is 26.4 Å². The summed E-state index contributed by atoms with van der Waals surface area (Å²) in [5.74, 6) is 0. The predicted octanol–water partition coefficient (Wildman–Crippen LogP) is 4.97. The van der Waals surface area contributed by atoms with Crippen LogP contribution in [0.3, 0.4) is 0 Å². The van der Waals surface area contributed by atoms with Crippen LogP contribution in [-0.2, 0) is 4.74 Å². The summed E-state index contributed by atoms with van der Waals surface area (Å²) in [5.41, 5.74) is 0.297. The maximum absolute atomic E-state index is 11.7. The standard InChI is InChI=1S/C13H13BrClN3O2S/c1-13(2,3)20-12(19)16-11-18-17-10(21-11)8-5-4-7(15)6-9(8)14/h4-6H,1-3H3,(H,16,18,19). The Morgan fingerprint density at radius 2 is 2.10 bits per heavy atom. The Kier molecular flexibility index (Phi) is 4.85. The van der Waals surface area contributed by atoms with E-state index in [9.17, 15) is 4.79 Å².